The molecule has 2 unspecified atom stereocenters. The highest BCUT2D eigenvalue weighted by molar-refractivity contribution is 5.62. The van der Waals surface area contributed by atoms with Crippen LogP contribution in [0.5, 0.6) is 5.75 Å². The molecule has 3 nitrogen and oxygen atoms in total. The Labute approximate surface area is 115 Å². The molecule has 1 saturated heterocycles. The van der Waals surface area contributed by atoms with Gasteiger partial charge in [-0.25, -0.2) is 0 Å². The quantitative estimate of drug-likeness (QED) is 0.829. The lowest BCUT2D eigenvalue weighted by Crippen LogP contribution is -2.41. The number of hydrogen-bond acceptors (Lipinski definition) is 3. The lowest BCUT2D eigenvalue weighted by atomic mass is 9.75. The van der Waals surface area contributed by atoms with E-state index < -0.39 is 0 Å². The Kier molecular flexibility index (Phi) is 3.54. The third kappa shape index (κ3) is 2.51. The average molecular weight is 260 g/mol. The minimum absolute atomic E-state index is 0.721. The number of piperidine rings is 1. The van der Waals surface area contributed by atoms with Gasteiger partial charge in [-0.05, 0) is 36.8 Å². The van der Waals surface area contributed by atoms with E-state index in [-0.39, 0.29) is 0 Å². The molecule has 0 aromatic heterocycles. The lowest BCUT2D eigenvalue weighted by molar-refractivity contribution is 0.202. The van der Waals surface area contributed by atoms with Gasteiger partial charge in [-0.2, -0.15) is 0 Å². The van der Waals surface area contributed by atoms with Crippen LogP contribution in [0.3, 0.4) is 0 Å². The third-order valence-electron chi connectivity index (χ3n) is 4.87. The second-order valence-corrected chi connectivity index (χ2v) is 5.97. The fourth-order valence-electron chi connectivity index (χ4n) is 3.73. The molecule has 1 aliphatic carbocycles. The van der Waals surface area contributed by atoms with Gasteiger partial charge in [0.25, 0.3) is 0 Å². The number of nitrogens with two attached hydrogens (primary N) is 1. The molecule has 3 rings (SSSR count). The summed E-state index contributed by atoms with van der Waals surface area (Å²) in [6.07, 6.45) is 7.06. The van der Waals surface area contributed by atoms with E-state index in [1.54, 1.807) is 7.11 Å². The average Bonchev–Trinajstić information content (AvgIpc) is 2.47. The van der Waals surface area contributed by atoms with Crippen LogP contribution in [0, 0.1) is 11.8 Å². The number of rotatable bonds is 2. The Morgan fingerprint density at radius 2 is 1.95 bits per heavy atom. The molecule has 2 fully saturated rings. The number of fused-ring (bicyclic) bond motifs is 1. The van der Waals surface area contributed by atoms with E-state index in [1.165, 1.54) is 50.9 Å². The standard InChI is InChI=1S/C16H24N2O/c1-19-16-10-14(6-7-15(16)17)18-9-8-12-4-2-3-5-13(12)11-18/h6-7,10,12-13H,2-5,8-9,11,17H2,1H3. The van der Waals surface area contributed by atoms with Gasteiger partial charge < -0.3 is 15.4 Å². The van der Waals surface area contributed by atoms with E-state index in [2.05, 4.69) is 17.0 Å². The van der Waals surface area contributed by atoms with Crippen molar-refractivity contribution in [3.8, 4) is 5.75 Å². The molecule has 2 N–H and O–H groups in total. The monoisotopic (exact) mass is 260 g/mol. The molecule has 2 atom stereocenters. The van der Waals surface area contributed by atoms with Crippen molar-refractivity contribution < 1.29 is 4.74 Å². The normalized spacial score (nSPS) is 26.9. The summed E-state index contributed by atoms with van der Waals surface area (Å²) in [5.41, 5.74) is 7.87. The predicted molar refractivity (Wildman–Crippen MR) is 79.7 cm³/mol. The number of nitrogen functional groups attached to an aromatic ring is 1. The van der Waals surface area contributed by atoms with Crippen molar-refractivity contribution in [2.24, 2.45) is 11.8 Å². The van der Waals surface area contributed by atoms with Crippen molar-refractivity contribution in [2.45, 2.75) is 32.1 Å². The molecule has 104 valence electrons. The number of nitrogens with zero attached hydrogens (tertiary/aromatic N) is 1. The first-order chi connectivity index (χ1) is 9.28. The van der Waals surface area contributed by atoms with Gasteiger partial charge in [0.05, 0.1) is 12.8 Å². The zero-order valence-electron chi connectivity index (χ0n) is 11.8. The van der Waals surface area contributed by atoms with E-state index in [0.717, 1.165) is 23.3 Å². The summed E-state index contributed by atoms with van der Waals surface area (Å²) in [6, 6.07) is 6.17. The Bertz CT molecular complexity index is 446. The maximum Gasteiger partial charge on any atom is 0.143 e. The molecule has 0 radical (unpaired) electrons. The van der Waals surface area contributed by atoms with Gasteiger partial charge in [0, 0.05) is 24.8 Å². The zero-order valence-corrected chi connectivity index (χ0v) is 11.8. The van der Waals surface area contributed by atoms with Crippen LogP contribution >= 0.6 is 0 Å². The molecule has 1 aliphatic heterocycles. The second kappa shape index (κ2) is 5.32. The largest absolute Gasteiger partial charge is 0.495 e. The first kappa shape index (κ1) is 12.6. The smallest absolute Gasteiger partial charge is 0.143 e. The summed E-state index contributed by atoms with van der Waals surface area (Å²) >= 11 is 0. The van der Waals surface area contributed by atoms with Crippen LogP contribution in [0.15, 0.2) is 18.2 Å². The molecule has 1 saturated carbocycles. The summed E-state index contributed by atoms with van der Waals surface area (Å²) in [7, 11) is 1.68. The maximum absolute atomic E-state index is 5.89. The topological polar surface area (TPSA) is 38.5 Å². The summed E-state index contributed by atoms with van der Waals surface area (Å²) in [5, 5.41) is 0. The lowest BCUT2D eigenvalue weighted by Gasteiger charge is -2.42. The van der Waals surface area contributed by atoms with Crippen LogP contribution in [-0.2, 0) is 0 Å². The molecule has 1 aromatic carbocycles. The second-order valence-electron chi connectivity index (χ2n) is 5.97. The van der Waals surface area contributed by atoms with Crippen molar-refractivity contribution in [1.29, 1.82) is 0 Å². The maximum atomic E-state index is 5.89. The fourth-order valence-corrected chi connectivity index (χ4v) is 3.73. The van der Waals surface area contributed by atoms with Crippen LogP contribution in [0.1, 0.15) is 32.1 Å². The predicted octanol–water partition coefficient (Wildman–Crippen LogP) is 3.29. The molecular weight excluding hydrogens is 236 g/mol. The Morgan fingerprint density at radius 3 is 2.74 bits per heavy atom. The van der Waals surface area contributed by atoms with Gasteiger partial charge in [0.15, 0.2) is 0 Å². The highest BCUT2D eigenvalue weighted by atomic mass is 16.5. The molecule has 2 aliphatic rings. The van der Waals surface area contributed by atoms with Gasteiger partial charge in [-0.1, -0.05) is 19.3 Å². The van der Waals surface area contributed by atoms with Gasteiger partial charge in [0.1, 0.15) is 5.75 Å². The first-order valence-electron chi connectivity index (χ1n) is 7.46. The summed E-state index contributed by atoms with van der Waals surface area (Å²) in [5.74, 6) is 2.66. The summed E-state index contributed by atoms with van der Waals surface area (Å²) in [6.45, 7) is 2.38. The van der Waals surface area contributed by atoms with Gasteiger partial charge in [-0.15, -0.1) is 0 Å². The van der Waals surface area contributed by atoms with Crippen molar-refractivity contribution in [3.63, 3.8) is 0 Å². The van der Waals surface area contributed by atoms with E-state index in [0.29, 0.717) is 0 Å². The van der Waals surface area contributed by atoms with Crippen LogP contribution in [-0.4, -0.2) is 20.2 Å². The number of benzene rings is 1. The minimum Gasteiger partial charge on any atom is -0.495 e. The zero-order chi connectivity index (χ0) is 13.2. The molecule has 1 aromatic rings. The Hall–Kier alpha value is -1.38. The van der Waals surface area contributed by atoms with Gasteiger partial charge in [0.2, 0.25) is 0 Å². The third-order valence-corrected chi connectivity index (χ3v) is 4.87. The first-order valence-corrected chi connectivity index (χ1v) is 7.46. The Balaban J connectivity index is 1.75. The summed E-state index contributed by atoms with van der Waals surface area (Å²) < 4.78 is 5.33. The van der Waals surface area contributed by atoms with E-state index in [4.69, 9.17) is 10.5 Å². The molecule has 0 amide bonds. The van der Waals surface area contributed by atoms with Crippen LogP contribution in [0.25, 0.3) is 0 Å². The molecule has 1 heterocycles. The molecule has 0 bridgehead atoms. The summed E-state index contributed by atoms with van der Waals surface area (Å²) in [4.78, 5) is 2.51. The minimum atomic E-state index is 0.721. The highest BCUT2D eigenvalue weighted by Crippen LogP contribution is 2.38. The van der Waals surface area contributed by atoms with E-state index in [1.807, 2.05) is 6.07 Å². The molecular formula is C16H24N2O. The number of ether oxygens (including phenoxy) is 1. The number of anilines is 2. The van der Waals surface area contributed by atoms with Crippen LogP contribution in [0.2, 0.25) is 0 Å². The number of hydrogen-bond donors (Lipinski definition) is 1. The van der Waals surface area contributed by atoms with Crippen LogP contribution < -0.4 is 15.4 Å². The van der Waals surface area contributed by atoms with Crippen molar-refractivity contribution >= 4 is 11.4 Å². The van der Waals surface area contributed by atoms with Gasteiger partial charge >= 0.3 is 0 Å². The van der Waals surface area contributed by atoms with Crippen molar-refractivity contribution in [1.82, 2.24) is 0 Å². The highest BCUT2D eigenvalue weighted by Gasteiger charge is 2.31. The number of methoxy groups -OCH3 is 1. The molecule has 3 heteroatoms. The SMILES string of the molecule is COc1cc(N2CCC3CCCCC3C2)ccc1N. The van der Waals surface area contributed by atoms with E-state index >= 15 is 0 Å². The van der Waals surface area contributed by atoms with Crippen molar-refractivity contribution in [2.75, 3.05) is 30.8 Å². The molecule has 0 spiro atoms. The fraction of sp³-hybridized carbons (Fsp3) is 0.625. The van der Waals surface area contributed by atoms with Crippen molar-refractivity contribution in [3.05, 3.63) is 18.2 Å². The Morgan fingerprint density at radius 1 is 1.16 bits per heavy atom. The van der Waals surface area contributed by atoms with E-state index in [9.17, 15) is 0 Å². The van der Waals surface area contributed by atoms with Crippen LogP contribution in [0.4, 0.5) is 11.4 Å². The van der Waals surface area contributed by atoms with Gasteiger partial charge in [-0.3, -0.25) is 0 Å². The molecule has 19 heavy (non-hydrogen) atoms.